The smallest absolute Gasteiger partial charge is 0.332 e. The van der Waals surface area contributed by atoms with E-state index in [4.69, 9.17) is 5.84 Å². The van der Waals surface area contributed by atoms with Crippen molar-refractivity contribution >= 4 is 0 Å². The van der Waals surface area contributed by atoms with Gasteiger partial charge in [0, 0.05) is 12.3 Å². The fourth-order valence-electron chi connectivity index (χ4n) is 1.28. The molecule has 0 aliphatic rings. The normalized spacial score (nSPS) is 10.1. The first-order valence-electron chi connectivity index (χ1n) is 4.35. The van der Waals surface area contributed by atoms with Crippen molar-refractivity contribution < 1.29 is 0 Å². The highest BCUT2D eigenvalue weighted by Crippen LogP contribution is 2.01. The van der Waals surface area contributed by atoms with Crippen molar-refractivity contribution in [2.24, 2.45) is 0 Å². The van der Waals surface area contributed by atoms with Gasteiger partial charge in [0.25, 0.3) is 5.56 Å². The first kappa shape index (κ1) is 9.26. The van der Waals surface area contributed by atoms with Crippen molar-refractivity contribution in [1.82, 2.24) is 9.24 Å². The highest BCUT2D eigenvalue weighted by atomic mass is 16.2. The number of aromatic nitrogens is 2. The molecule has 0 atom stereocenters. The molecule has 0 bridgehead atoms. The van der Waals surface area contributed by atoms with Crippen LogP contribution in [0.2, 0.25) is 0 Å². The second-order valence-corrected chi connectivity index (χ2v) is 3.01. The molecule has 1 aromatic carbocycles. The second-order valence-electron chi connectivity index (χ2n) is 3.01. The van der Waals surface area contributed by atoms with E-state index in [1.54, 1.807) is 24.3 Å². The molecule has 1 heterocycles. The number of nitrogens with zero attached hydrogens (tertiary/aromatic N) is 2. The van der Waals surface area contributed by atoms with Gasteiger partial charge < -0.3 is 5.84 Å². The number of rotatable bonds is 1. The van der Waals surface area contributed by atoms with Crippen molar-refractivity contribution in [3.63, 3.8) is 0 Å². The Labute approximate surface area is 85.0 Å². The summed E-state index contributed by atoms with van der Waals surface area (Å²) in [5.74, 6) is 5.29. The minimum Gasteiger partial charge on any atom is -0.332 e. The topological polar surface area (TPSA) is 70.0 Å². The van der Waals surface area contributed by atoms with Gasteiger partial charge in [-0.15, -0.1) is 0 Å². The minimum absolute atomic E-state index is 0.521. The van der Waals surface area contributed by atoms with Gasteiger partial charge in [-0.3, -0.25) is 9.36 Å². The second kappa shape index (κ2) is 3.45. The Morgan fingerprint density at radius 2 is 1.67 bits per heavy atom. The highest BCUT2D eigenvalue weighted by molar-refractivity contribution is 5.30. The highest BCUT2D eigenvalue weighted by Gasteiger charge is 2.02. The number of nitrogens with two attached hydrogens (primary N) is 1. The van der Waals surface area contributed by atoms with Gasteiger partial charge in [0.2, 0.25) is 0 Å². The molecule has 0 amide bonds. The molecule has 15 heavy (non-hydrogen) atoms. The summed E-state index contributed by atoms with van der Waals surface area (Å²) in [6.45, 7) is 0. The van der Waals surface area contributed by atoms with Crippen molar-refractivity contribution in [3.8, 4) is 5.69 Å². The lowest BCUT2D eigenvalue weighted by molar-refractivity contribution is 0.771. The van der Waals surface area contributed by atoms with E-state index >= 15 is 0 Å². The van der Waals surface area contributed by atoms with E-state index in [0.717, 1.165) is 0 Å². The molecule has 5 nitrogen and oxygen atoms in total. The third kappa shape index (κ3) is 1.54. The Hall–Kier alpha value is -2.30. The molecule has 0 radical (unpaired) electrons. The summed E-state index contributed by atoms with van der Waals surface area (Å²) in [6.07, 6.45) is 1.41. The molecular formula is C10H9N3O2. The molecule has 0 unspecified atom stereocenters. The summed E-state index contributed by atoms with van der Waals surface area (Å²) in [4.78, 5) is 22.6. The summed E-state index contributed by atoms with van der Waals surface area (Å²) >= 11 is 0. The van der Waals surface area contributed by atoms with Crippen molar-refractivity contribution in [2.45, 2.75) is 0 Å². The zero-order valence-electron chi connectivity index (χ0n) is 7.83. The van der Waals surface area contributed by atoms with Crippen LogP contribution in [-0.4, -0.2) is 9.24 Å². The minimum atomic E-state index is -0.561. The predicted octanol–water partition coefficient (Wildman–Crippen LogP) is -0.287. The molecule has 5 heteroatoms. The lowest BCUT2D eigenvalue weighted by atomic mass is 10.3. The van der Waals surface area contributed by atoms with E-state index in [-0.39, 0.29) is 0 Å². The summed E-state index contributed by atoms with van der Waals surface area (Å²) < 4.78 is 1.88. The van der Waals surface area contributed by atoms with Crippen LogP contribution in [0.25, 0.3) is 5.69 Å². The Morgan fingerprint density at radius 1 is 1.00 bits per heavy atom. The standard InChI is InChI=1S/C10H9N3O2/c11-13-9(14)6-7-12(10(13)15)8-4-2-1-3-5-8/h1-7H,11H2. The van der Waals surface area contributed by atoms with Crippen LogP contribution in [0, 0.1) is 0 Å². The third-order valence-corrected chi connectivity index (χ3v) is 2.05. The number of hydrogen-bond acceptors (Lipinski definition) is 3. The van der Waals surface area contributed by atoms with Crippen LogP contribution in [0.5, 0.6) is 0 Å². The molecule has 0 fully saturated rings. The number of nitrogen functional groups attached to an aromatic ring is 1. The van der Waals surface area contributed by atoms with Gasteiger partial charge in [-0.1, -0.05) is 18.2 Å². The lowest BCUT2D eigenvalue weighted by Crippen LogP contribution is -2.43. The van der Waals surface area contributed by atoms with Crippen LogP contribution in [0.15, 0.2) is 52.2 Å². The third-order valence-electron chi connectivity index (χ3n) is 2.05. The number of para-hydroxylation sites is 1. The quantitative estimate of drug-likeness (QED) is 0.647. The summed E-state index contributed by atoms with van der Waals surface area (Å²) in [6, 6.07) is 10.2. The zero-order valence-corrected chi connectivity index (χ0v) is 7.83. The monoisotopic (exact) mass is 203 g/mol. The van der Waals surface area contributed by atoms with Gasteiger partial charge in [-0.05, 0) is 12.1 Å². The van der Waals surface area contributed by atoms with E-state index < -0.39 is 11.2 Å². The number of benzene rings is 1. The van der Waals surface area contributed by atoms with E-state index in [0.29, 0.717) is 10.4 Å². The first-order chi connectivity index (χ1) is 7.20. The van der Waals surface area contributed by atoms with Crippen LogP contribution in [0.3, 0.4) is 0 Å². The molecule has 0 saturated carbocycles. The van der Waals surface area contributed by atoms with Crippen LogP contribution in [0.1, 0.15) is 0 Å². The van der Waals surface area contributed by atoms with Gasteiger partial charge in [0.15, 0.2) is 0 Å². The van der Waals surface area contributed by atoms with Crippen LogP contribution < -0.4 is 17.1 Å². The Bertz CT molecular complexity index is 584. The molecule has 0 saturated heterocycles. The van der Waals surface area contributed by atoms with Gasteiger partial charge in [0.05, 0.1) is 5.69 Å². The molecule has 2 N–H and O–H groups in total. The van der Waals surface area contributed by atoms with E-state index in [1.165, 1.54) is 16.8 Å². The molecule has 0 spiro atoms. The first-order valence-corrected chi connectivity index (χ1v) is 4.35. The molecule has 1 aromatic heterocycles. The van der Waals surface area contributed by atoms with Gasteiger partial charge >= 0.3 is 5.69 Å². The van der Waals surface area contributed by atoms with E-state index in [9.17, 15) is 9.59 Å². The average molecular weight is 203 g/mol. The molecule has 76 valence electrons. The summed E-state index contributed by atoms with van der Waals surface area (Å²) in [7, 11) is 0. The fourth-order valence-corrected chi connectivity index (χ4v) is 1.28. The van der Waals surface area contributed by atoms with E-state index in [1.807, 2.05) is 6.07 Å². The molecule has 0 aliphatic carbocycles. The molecular weight excluding hydrogens is 194 g/mol. The SMILES string of the molecule is Nn1c(=O)ccn(-c2ccccc2)c1=O. The summed E-state index contributed by atoms with van der Waals surface area (Å²) in [5, 5.41) is 0. The molecule has 2 rings (SSSR count). The van der Waals surface area contributed by atoms with Crippen molar-refractivity contribution in [1.29, 1.82) is 0 Å². The van der Waals surface area contributed by atoms with E-state index in [2.05, 4.69) is 0 Å². The van der Waals surface area contributed by atoms with Crippen LogP contribution in [-0.2, 0) is 0 Å². The summed E-state index contributed by atoms with van der Waals surface area (Å²) in [5.41, 5.74) is -0.414. The Kier molecular flexibility index (Phi) is 2.13. The maximum absolute atomic E-state index is 11.6. The maximum Gasteiger partial charge on any atom is 0.354 e. The Balaban J connectivity index is 2.71. The predicted molar refractivity (Wildman–Crippen MR) is 56.4 cm³/mol. The number of hydrogen-bond donors (Lipinski definition) is 1. The maximum atomic E-state index is 11.6. The average Bonchev–Trinajstić information content (AvgIpc) is 2.27. The largest absolute Gasteiger partial charge is 0.354 e. The molecule has 2 aromatic rings. The Morgan fingerprint density at radius 3 is 2.33 bits per heavy atom. The lowest BCUT2D eigenvalue weighted by Gasteiger charge is -2.05. The fraction of sp³-hybridized carbons (Fsp3) is 0. The van der Waals surface area contributed by atoms with Gasteiger partial charge in [0.1, 0.15) is 0 Å². The van der Waals surface area contributed by atoms with Crippen molar-refractivity contribution in [2.75, 3.05) is 5.84 Å². The van der Waals surface area contributed by atoms with Crippen LogP contribution >= 0.6 is 0 Å². The van der Waals surface area contributed by atoms with Crippen LogP contribution in [0.4, 0.5) is 0 Å². The zero-order chi connectivity index (χ0) is 10.8. The van der Waals surface area contributed by atoms with Gasteiger partial charge in [-0.25, -0.2) is 4.79 Å². The molecule has 0 aliphatic heterocycles. The van der Waals surface area contributed by atoms with Crippen molar-refractivity contribution in [3.05, 3.63) is 63.4 Å². The van der Waals surface area contributed by atoms with Gasteiger partial charge in [-0.2, -0.15) is 4.68 Å².